The largest absolute Gasteiger partial charge is 0.206 e. The van der Waals surface area contributed by atoms with Crippen molar-refractivity contribution in [2.75, 3.05) is 0 Å². The lowest BCUT2D eigenvalue weighted by atomic mass is 9.98. The highest BCUT2D eigenvalue weighted by Crippen LogP contribution is 2.24. The minimum atomic E-state index is -0.122. The second-order valence-electron chi connectivity index (χ2n) is 8.23. The molecule has 0 aliphatic rings. The lowest BCUT2D eigenvalue weighted by Gasteiger charge is -2.08. The highest BCUT2D eigenvalue weighted by molar-refractivity contribution is 5.85. The molecule has 0 saturated heterocycles. The van der Waals surface area contributed by atoms with E-state index < -0.39 is 0 Å². The Kier molecular flexibility index (Phi) is 6.83. The van der Waals surface area contributed by atoms with E-state index in [1.165, 1.54) is 16.7 Å². The molecule has 0 nitrogen and oxygen atoms in total. The van der Waals surface area contributed by atoms with E-state index in [0.717, 1.165) is 41.3 Å². The summed E-state index contributed by atoms with van der Waals surface area (Å²) in [5.41, 5.74) is 6.38. The average Bonchev–Trinajstić information content (AvgIpc) is 2.82. The van der Waals surface area contributed by atoms with Gasteiger partial charge < -0.3 is 0 Å². The maximum Gasteiger partial charge on any atom is 0.134 e. The molecule has 0 bridgehead atoms. The third kappa shape index (κ3) is 5.34. The maximum atomic E-state index is 15.2. The molecule has 0 aromatic heterocycles. The van der Waals surface area contributed by atoms with E-state index in [1.807, 2.05) is 48.5 Å². The minimum Gasteiger partial charge on any atom is -0.206 e. The smallest absolute Gasteiger partial charge is 0.134 e. The van der Waals surface area contributed by atoms with E-state index in [-0.39, 0.29) is 5.82 Å². The zero-order valence-corrected chi connectivity index (χ0v) is 18.5. The number of benzene rings is 4. The Morgan fingerprint density at radius 3 is 2.12 bits per heavy atom. The van der Waals surface area contributed by atoms with Crippen LogP contribution in [0.1, 0.15) is 39.8 Å². The van der Waals surface area contributed by atoms with Crippen molar-refractivity contribution in [3.63, 3.8) is 0 Å². The number of allylic oxidation sites excluding steroid dienone is 1. The van der Waals surface area contributed by atoms with Gasteiger partial charge in [0.1, 0.15) is 5.82 Å². The Balaban J connectivity index is 1.47. The van der Waals surface area contributed by atoms with E-state index in [2.05, 4.69) is 61.7 Å². The molecular weight excluding hydrogens is 391 g/mol. The number of aryl methyl sites for hydroxylation is 4. The standard InChI is InChI=1S/C31H27F/c1-3-4-5-24-10-12-26(13-11-24)16-18-28-19-20-29-22-27(17-21-30(29)31(28)32)15-14-25-8-6-23(2)7-9-25/h3,6-13,17,19-22H,1,4-5,16,18H2,2H3. The Labute approximate surface area is 190 Å². The summed E-state index contributed by atoms with van der Waals surface area (Å²) in [4.78, 5) is 0. The molecule has 0 heterocycles. The fourth-order valence-corrected chi connectivity index (χ4v) is 3.81. The van der Waals surface area contributed by atoms with E-state index in [4.69, 9.17) is 0 Å². The Morgan fingerprint density at radius 2 is 1.41 bits per heavy atom. The molecule has 0 radical (unpaired) electrons. The van der Waals surface area contributed by atoms with Gasteiger partial charge in [0.2, 0.25) is 0 Å². The summed E-state index contributed by atoms with van der Waals surface area (Å²) >= 11 is 0. The first-order valence-electron chi connectivity index (χ1n) is 11.1. The van der Waals surface area contributed by atoms with Gasteiger partial charge in [-0.15, -0.1) is 6.58 Å². The highest BCUT2D eigenvalue weighted by atomic mass is 19.1. The summed E-state index contributed by atoms with van der Waals surface area (Å²) in [5.74, 6) is 6.25. The van der Waals surface area contributed by atoms with Crippen molar-refractivity contribution >= 4 is 10.8 Å². The Hall–Kier alpha value is -3.63. The molecule has 4 rings (SSSR count). The van der Waals surface area contributed by atoms with Gasteiger partial charge in [-0.3, -0.25) is 0 Å². The summed E-state index contributed by atoms with van der Waals surface area (Å²) in [7, 11) is 0. The first-order chi connectivity index (χ1) is 15.6. The van der Waals surface area contributed by atoms with Crippen LogP contribution in [0.4, 0.5) is 4.39 Å². The van der Waals surface area contributed by atoms with Crippen LogP contribution in [0.15, 0.2) is 91.5 Å². The second-order valence-corrected chi connectivity index (χ2v) is 8.23. The lowest BCUT2D eigenvalue weighted by Crippen LogP contribution is -1.96. The van der Waals surface area contributed by atoms with Crippen LogP contribution in [0.25, 0.3) is 10.8 Å². The van der Waals surface area contributed by atoms with Crippen LogP contribution in [0.3, 0.4) is 0 Å². The molecule has 0 unspecified atom stereocenters. The fraction of sp³-hybridized carbons (Fsp3) is 0.161. The first kappa shape index (κ1) is 21.6. The molecule has 0 atom stereocenters. The second kappa shape index (κ2) is 10.1. The van der Waals surface area contributed by atoms with Crippen LogP contribution >= 0.6 is 0 Å². The number of hydrogen-bond acceptors (Lipinski definition) is 0. The van der Waals surface area contributed by atoms with Crippen LogP contribution in [0.5, 0.6) is 0 Å². The number of fused-ring (bicyclic) bond motifs is 1. The van der Waals surface area contributed by atoms with Gasteiger partial charge in [-0.05, 0) is 78.9 Å². The van der Waals surface area contributed by atoms with E-state index in [1.54, 1.807) is 0 Å². The first-order valence-corrected chi connectivity index (χ1v) is 11.1. The predicted molar refractivity (Wildman–Crippen MR) is 133 cm³/mol. The minimum absolute atomic E-state index is 0.122. The van der Waals surface area contributed by atoms with Gasteiger partial charge in [0.05, 0.1) is 0 Å². The van der Waals surface area contributed by atoms with Crippen LogP contribution in [0.2, 0.25) is 0 Å². The fourth-order valence-electron chi connectivity index (χ4n) is 3.81. The molecule has 0 saturated carbocycles. The molecule has 0 aliphatic carbocycles. The third-order valence-electron chi connectivity index (χ3n) is 5.78. The zero-order valence-electron chi connectivity index (χ0n) is 18.5. The van der Waals surface area contributed by atoms with Crippen molar-refractivity contribution in [1.29, 1.82) is 0 Å². The summed E-state index contributed by atoms with van der Waals surface area (Å²) < 4.78 is 15.2. The molecule has 1 heteroatoms. The average molecular weight is 419 g/mol. The van der Waals surface area contributed by atoms with Gasteiger partial charge in [-0.1, -0.05) is 78.1 Å². The number of halogens is 1. The number of hydrogen-bond donors (Lipinski definition) is 0. The van der Waals surface area contributed by atoms with Gasteiger partial charge in [0.15, 0.2) is 0 Å². The van der Waals surface area contributed by atoms with Crippen molar-refractivity contribution in [2.45, 2.75) is 32.6 Å². The number of rotatable bonds is 6. The van der Waals surface area contributed by atoms with Crippen molar-refractivity contribution in [1.82, 2.24) is 0 Å². The van der Waals surface area contributed by atoms with Gasteiger partial charge >= 0.3 is 0 Å². The quantitative estimate of drug-likeness (QED) is 0.223. The monoisotopic (exact) mass is 418 g/mol. The topological polar surface area (TPSA) is 0 Å². The molecule has 158 valence electrons. The normalized spacial score (nSPS) is 10.6. The molecule has 4 aromatic rings. The molecule has 4 aromatic carbocycles. The van der Waals surface area contributed by atoms with E-state index in [0.29, 0.717) is 11.8 Å². The Morgan fingerprint density at radius 1 is 0.750 bits per heavy atom. The van der Waals surface area contributed by atoms with Crippen LogP contribution in [0, 0.1) is 24.6 Å². The Bertz CT molecular complexity index is 1280. The molecule has 0 amide bonds. The summed E-state index contributed by atoms with van der Waals surface area (Å²) in [6, 6.07) is 26.4. The van der Waals surface area contributed by atoms with Crippen molar-refractivity contribution in [3.8, 4) is 11.8 Å². The molecule has 0 aliphatic heterocycles. The summed E-state index contributed by atoms with van der Waals surface area (Å²) in [6.45, 7) is 5.83. The van der Waals surface area contributed by atoms with Gasteiger partial charge in [0.25, 0.3) is 0 Å². The van der Waals surface area contributed by atoms with Crippen molar-refractivity contribution in [3.05, 3.63) is 131 Å². The van der Waals surface area contributed by atoms with Crippen LogP contribution in [-0.4, -0.2) is 0 Å². The molecule has 32 heavy (non-hydrogen) atoms. The van der Waals surface area contributed by atoms with Crippen LogP contribution < -0.4 is 0 Å². The summed E-state index contributed by atoms with van der Waals surface area (Å²) in [5, 5.41) is 1.54. The van der Waals surface area contributed by atoms with E-state index in [9.17, 15) is 0 Å². The SMILES string of the molecule is C=CCCc1ccc(CCc2ccc3cc(C#Cc4ccc(C)cc4)ccc3c2F)cc1. The lowest BCUT2D eigenvalue weighted by molar-refractivity contribution is 0.620. The predicted octanol–water partition coefficient (Wildman–Crippen LogP) is 7.59. The third-order valence-corrected chi connectivity index (χ3v) is 5.78. The van der Waals surface area contributed by atoms with Gasteiger partial charge in [-0.2, -0.15) is 0 Å². The molecular formula is C31H27F. The molecule has 0 N–H and O–H groups in total. The maximum absolute atomic E-state index is 15.2. The molecule has 0 fully saturated rings. The van der Waals surface area contributed by atoms with Gasteiger partial charge in [-0.25, -0.2) is 4.39 Å². The highest BCUT2D eigenvalue weighted by Gasteiger charge is 2.08. The van der Waals surface area contributed by atoms with E-state index >= 15 is 4.39 Å². The summed E-state index contributed by atoms with van der Waals surface area (Å²) in [6.07, 6.45) is 5.45. The van der Waals surface area contributed by atoms with Crippen molar-refractivity contribution in [2.24, 2.45) is 0 Å². The molecule has 0 spiro atoms. The zero-order chi connectivity index (χ0) is 22.3. The van der Waals surface area contributed by atoms with Crippen molar-refractivity contribution < 1.29 is 4.39 Å². The van der Waals surface area contributed by atoms with Gasteiger partial charge in [0, 0.05) is 16.5 Å². The van der Waals surface area contributed by atoms with Crippen LogP contribution in [-0.2, 0) is 19.3 Å².